The maximum absolute atomic E-state index is 13.4. The number of pyridine rings is 1. The van der Waals surface area contributed by atoms with Crippen molar-refractivity contribution in [3.05, 3.63) is 65.5 Å². The highest BCUT2D eigenvalue weighted by molar-refractivity contribution is 6.06. The number of furan rings is 1. The fraction of sp³-hybridized carbons (Fsp3) is 0.176. The van der Waals surface area contributed by atoms with E-state index in [0.717, 1.165) is 0 Å². The Kier molecular flexibility index (Phi) is 4.08. The molecule has 3 aromatic rings. The number of fused-ring (bicyclic) bond motifs is 1. The molecule has 0 aliphatic carbocycles. The summed E-state index contributed by atoms with van der Waals surface area (Å²) in [6, 6.07) is 8.42. The number of rotatable bonds is 4. The summed E-state index contributed by atoms with van der Waals surface area (Å²) >= 11 is 0. The molecule has 2 heterocycles. The van der Waals surface area contributed by atoms with Gasteiger partial charge in [-0.05, 0) is 37.3 Å². The van der Waals surface area contributed by atoms with Gasteiger partial charge in [-0.3, -0.25) is 9.78 Å². The summed E-state index contributed by atoms with van der Waals surface area (Å²) in [6.07, 6.45) is 1.47. The largest absolute Gasteiger partial charge is 0.467 e. The van der Waals surface area contributed by atoms with Gasteiger partial charge in [0.15, 0.2) is 0 Å². The van der Waals surface area contributed by atoms with Crippen molar-refractivity contribution in [2.45, 2.75) is 13.0 Å². The topological polar surface area (TPSA) is 75.4 Å². The molecule has 1 atom stereocenters. The third-order valence-electron chi connectivity index (χ3n) is 3.52. The van der Waals surface area contributed by atoms with E-state index in [1.807, 2.05) is 0 Å². The molecular weight excluding hydrogens is 299 g/mol. The molecule has 1 unspecified atom stereocenters. The Labute approximate surface area is 131 Å². The third kappa shape index (κ3) is 3.07. The molecule has 0 aliphatic rings. The number of aliphatic hydroxyl groups is 1. The number of aromatic nitrogens is 1. The van der Waals surface area contributed by atoms with Gasteiger partial charge in [0.2, 0.25) is 0 Å². The molecule has 0 aliphatic heterocycles. The van der Waals surface area contributed by atoms with Crippen LogP contribution in [0.4, 0.5) is 4.39 Å². The lowest BCUT2D eigenvalue weighted by Gasteiger charge is -2.15. The minimum Gasteiger partial charge on any atom is -0.467 e. The molecule has 2 N–H and O–H groups in total. The zero-order chi connectivity index (χ0) is 16.4. The van der Waals surface area contributed by atoms with Crippen molar-refractivity contribution in [2.24, 2.45) is 0 Å². The lowest BCUT2D eigenvalue weighted by atomic mass is 10.1. The number of nitrogens with zero attached hydrogens (tertiary/aromatic N) is 1. The molecule has 0 saturated carbocycles. The number of benzene rings is 1. The fourth-order valence-electron chi connectivity index (χ4n) is 2.45. The van der Waals surface area contributed by atoms with Gasteiger partial charge in [-0.15, -0.1) is 0 Å². The first-order chi connectivity index (χ1) is 11.1. The van der Waals surface area contributed by atoms with Crippen LogP contribution in [0.15, 0.2) is 47.1 Å². The van der Waals surface area contributed by atoms with E-state index in [0.29, 0.717) is 27.9 Å². The number of aliphatic hydroxyl groups excluding tert-OH is 1. The number of amides is 1. The highest BCUT2D eigenvalue weighted by Gasteiger charge is 2.19. The second kappa shape index (κ2) is 6.18. The van der Waals surface area contributed by atoms with Crippen LogP contribution in [0.1, 0.15) is 27.9 Å². The van der Waals surface area contributed by atoms with Gasteiger partial charge < -0.3 is 14.8 Å². The van der Waals surface area contributed by atoms with E-state index in [-0.39, 0.29) is 12.5 Å². The van der Waals surface area contributed by atoms with Gasteiger partial charge in [0.05, 0.1) is 24.0 Å². The van der Waals surface area contributed by atoms with Gasteiger partial charge in [0.25, 0.3) is 5.91 Å². The smallest absolute Gasteiger partial charge is 0.252 e. The zero-order valence-electron chi connectivity index (χ0n) is 12.4. The molecule has 1 amide bonds. The molecule has 6 heteroatoms. The van der Waals surface area contributed by atoms with Crippen molar-refractivity contribution >= 4 is 16.8 Å². The van der Waals surface area contributed by atoms with E-state index in [2.05, 4.69) is 10.3 Å². The molecule has 23 heavy (non-hydrogen) atoms. The molecule has 0 saturated heterocycles. The molecule has 1 aromatic carbocycles. The van der Waals surface area contributed by atoms with Gasteiger partial charge in [0.1, 0.15) is 17.6 Å². The summed E-state index contributed by atoms with van der Waals surface area (Å²) in [7, 11) is 0. The summed E-state index contributed by atoms with van der Waals surface area (Å²) in [5.41, 5.74) is 1.39. The number of aryl methyl sites for hydroxylation is 1. The second-order valence-electron chi connectivity index (χ2n) is 5.20. The van der Waals surface area contributed by atoms with Crippen molar-refractivity contribution in [3.63, 3.8) is 0 Å². The van der Waals surface area contributed by atoms with Crippen molar-refractivity contribution in [2.75, 3.05) is 6.61 Å². The average molecular weight is 314 g/mol. The number of halogens is 1. The Morgan fingerprint density at radius 1 is 1.39 bits per heavy atom. The lowest BCUT2D eigenvalue weighted by molar-refractivity contribution is 0.0909. The van der Waals surface area contributed by atoms with Crippen LogP contribution >= 0.6 is 0 Å². The van der Waals surface area contributed by atoms with Crippen LogP contribution in [0.3, 0.4) is 0 Å². The Bertz CT molecular complexity index is 841. The predicted octanol–water partition coefficient (Wildman–Crippen LogP) is 2.74. The number of nitrogens with one attached hydrogen (secondary N) is 1. The maximum Gasteiger partial charge on any atom is 0.252 e. The van der Waals surface area contributed by atoms with E-state index in [1.54, 1.807) is 25.1 Å². The van der Waals surface area contributed by atoms with Crippen LogP contribution in [0, 0.1) is 12.7 Å². The van der Waals surface area contributed by atoms with Crippen molar-refractivity contribution in [1.29, 1.82) is 0 Å². The highest BCUT2D eigenvalue weighted by atomic mass is 19.1. The first-order valence-corrected chi connectivity index (χ1v) is 7.10. The monoisotopic (exact) mass is 314 g/mol. The number of carbonyl (C=O) groups is 1. The van der Waals surface area contributed by atoms with Crippen molar-refractivity contribution < 1.29 is 18.7 Å². The Hall–Kier alpha value is -2.73. The summed E-state index contributed by atoms with van der Waals surface area (Å²) < 4.78 is 18.6. The van der Waals surface area contributed by atoms with Crippen LogP contribution < -0.4 is 5.32 Å². The van der Waals surface area contributed by atoms with Crippen LogP contribution in [0.25, 0.3) is 10.9 Å². The zero-order valence-corrected chi connectivity index (χ0v) is 12.4. The van der Waals surface area contributed by atoms with Gasteiger partial charge in [0, 0.05) is 17.1 Å². The van der Waals surface area contributed by atoms with Gasteiger partial charge in [-0.25, -0.2) is 4.39 Å². The fourth-order valence-corrected chi connectivity index (χ4v) is 2.45. The predicted molar refractivity (Wildman–Crippen MR) is 82.4 cm³/mol. The summed E-state index contributed by atoms with van der Waals surface area (Å²) in [5, 5.41) is 12.7. The SMILES string of the molecule is Cc1cc(C(=O)NC(CO)c2ccco2)c2ccc(F)cc2n1. The third-order valence-corrected chi connectivity index (χ3v) is 3.52. The standard InChI is InChI=1S/C17H15FN2O3/c1-10-7-13(12-5-4-11(18)8-14(12)19-10)17(22)20-15(9-21)16-3-2-6-23-16/h2-8,15,21H,9H2,1H3,(H,20,22). The Morgan fingerprint density at radius 2 is 2.22 bits per heavy atom. The molecule has 5 nitrogen and oxygen atoms in total. The maximum atomic E-state index is 13.4. The average Bonchev–Trinajstić information content (AvgIpc) is 3.05. The molecule has 0 fully saturated rings. The van der Waals surface area contributed by atoms with Crippen molar-refractivity contribution in [3.8, 4) is 0 Å². The first kappa shape index (κ1) is 15.2. The molecule has 3 rings (SSSR count). The Balaban J connectivity index is 1.97. The van der Waals surface area contributed by atoms with E-state index in [4.69, 9.17) is 4.42 Å². The molecular formula is C17H15FN2O3. The molecule has 0 radical (unpaired) electrons. The van der Waals surface area contributed by atoms with Crippen LogP contribution in [-0.4, -0.2) is 22.6 Å². The van der Waals surface area contributed by atoms with E-state index in [9.17, 15) is 14.3 Å². The Morgan fingerprint density at radius 3 is 2.91 bits per heavy atom. The van der Waals surface area contributed by atoms with Gasteiger partial charge in [-0.1, -0.05) is 0 Å². The number of hydrogen-bond acceptors (Lipinski definition) is 4. The van der Waals surface area contributed by atoms with Crippen molar-refractivity contribution in [1.82, 2.24) is 10.3 Å². The lowest BCUT2D eigenvalue weighted by Crippen LogP contribution is -2.30. The number of hydrogen-bond donors (Lipinski definition) is 2. The molecule has 0 spiro atoms. The normalized spacial score (nSPS) is 12.3. The van der Waals surface area contributed by atoms with E-state index >= 15 is 0 Å². The summed E-state index contributed by atoms with van der Waals surface area (Å²) in [4.78, 5) is 16.8. The quantitative estimate of drug-likeness (QED) is 0.776. The van der Waals surface area contributed by atoms with Gasteiger partial charge >= 0.3 is 0 Å². The van der Waals surface area contributed by atoms with Gasteiger partial charge in [-0.2, -0.15) is 0 Å². The number of carbonyl (C=O) groups excluding carboxylic acids is 1. The van der Waals surface area contributed by atoms with Crippen LogP contribution in [-0.2, 0) is 0 Å². The molecule has 2 aromatic heterocycles. The first-order valence-electron chi connectivity index (χ1n) is 7.10. The summed E-state index contributed by atoms with van der Waals surface area (Å²) in [6.45, 7) is 1.44. The molecule has 118 valence electrons. The van der Waals surface area contributed by atoms with Crippen LogP contribution in [0.5, 0.6) is 0 Å². The van der Waals surface area contributed by atoms with E-state index < -0.39 is 11.9 Å². The minimum atomic E-state index is -0.651. The highest BCUT2D eigenvalue weighted by Crippen LogP contribution is 2.21. The second-order valence-corrected chi connectivity index (χ2v) is 5.20. The van der Waals surface area contributed by atoms with E-state index in [1.165, 1.54) is 24.5 Å². The van der Waals surface area contributed by atoms with Crippen LogP contribution in [0.2, 0.25) is 0 Å². The summed E-state index contributed by atoms with van der Waals surface area (Å²) in [5.74, 6) is -0.338. The molecule has 0 bridgehead atoms. The minimum absolute atomic E-state index is 0.296.